The number of aromatic nitrogens is 1. The van der Waals surface area contributed by atoms with Crippen LogP contribution in [-0.2, 0) is 0 Å². The number of H-pyrrole nitrogens is 1. The number of rotatable bonds is 2. The number of ether oxygens (including phenoxy) is 1. The fourth-order valence-corrected chi connectivity index (χ4v) is 1.54. The molecule has 0 amide bonds. The van der Waals surface area contributed by atoms with Crippen LogP contribution in [0.3, 0.4) is 0 Å². The zero-order chi connectivity index (χ0) is 10.8. The molecule has 0 radical (unpaired) electrons. The van der Waals surface area contributed by atoms with Crippen molar-refractivity contribution in [2.24, 2.45) is 5.84 Å². The number of fused-ring (bicyclic) bond motifs is 1. The van der Waals surface area contributed by atoms with Crippen molar-refractivity contribution in [1.82, 2.24) is 4.98 Å². The van der Waals surface area contributed by atoms with E-state index in [0.717, 1.165) is 5.39 Å². The average Bonchev–Trinajstić information content (AvgIpc) is 2.27. The van der Waals surface area contributed by atoms with Gasteiger partial charge < -0.3 is 15.1 Å². The molecule has 0 fully saturated rings. The molecule has 1 aromatic heterocycles. The smallest absolute Gasteiger partial charge is 0.250 e. The fraction of sp³-hybridized carbons (Fsp3) is 0.100. The molecule has 1 heterocycles. The van der Waals surface area contributed by atoms with Gasteiger partial charge in [-0.2, -0.15) is 0 Å². The number of nitrogen functional groups attached to an aromatic ring is 1. The summed E-state index contributed by atoms with van der Waals surface area (Å²) in [5, 5.41) is 0.816. The molecule has 4 N–H and O–H groups in total. The van der Waals surface area contributed by atoms with Crippen molar-refractivity contribution in [1.29, 1.82) is 0 Å². The van der Waals surface area contributed by atoms with E-state index in [0.29, 0.717) is 17.0 Å². The maximum atomic E-state index is 11.3. The minimum Gasteiger partial charge on any atom is -0.495 e. The van der Waals surface area contributed by atoms with Gasteiger partial charge in [-0.3, -0.25) is 10.6 Å². The molecule has 0 saturated heterocycles. The number of hydrogen-bond donors (Lipinski definition) is 3. The van der Waals surface area contributed by atoms with Gasteiger partial charge in [0.15, 0.2) is 0 Å². The predicted molar refractivity (Wildman–Crippen MR) is 58.9 cm³/mol. The van der Waals surface area contributed by atoms with E-state index >= 15 is 0 Å². The van der Waals surface area contributed by atoms with E-state index < -0.39 is 0 Å². The number of para-hydroxylation sites is 1. The van der Waals surface area contributed by atoms with Crippen LogP contribution in [0.2, 0.25) is 0 Å². The molecule has 0 aliphatic heterocycles. The fourth-order valence-electron chi connectivity index (χ4n) is 1.54. The molecule has 0 spiro atoms. The number of aromatic amines is 1. The van der Waals surface area contributed by atoms with Gasteiger partial charge in [-0.25, -0.2) is 0 Å². The molecule has 1 aromatic carbocycles. The van der Waals surface area contributed by atoms with Gasteiger partial charge in [0.2, 0.25) is 0 Å². The zero-order valence-electron chi connectivity index (χ0n) is 8.20. The number of pyridine rings is 1. The van der Waals surface area contributed by atoms with E-state index in [1.165, 1.54) is 6.07 Å². The van der Waals surface area contributed by atoms with Crippen LogP contribution in [0.1, 0.15) is 0 Å². The summed E-state index contributed by atoms with van der Waals surface area (Å²) in [4.78, 5) is 14.0. The highest BCUT2D eigenvalue weighted by atomic mass is 16.5. The molecule has 0 bridgehead atoms. The highest BCUT2D eigenvalue weighted by molar-refractivity contribution is 5.94. The third-order valence-electron chi connectivity index (χ3n) is 2.22. The third kappa shape index (κ3) is 1.53. The van der Waals surface area contributed by atoms with Gasteiger partial charge in [0.1, 0.15) is 5.75 Å². The number of nitrogens with one attached hydrogen (secondary N) is 2. The van der Waals surface area contributed by atoms with Crippen molar-refractivity contribution < 1.29 is 4.74 Å². The quantitative estimate of drug-likeness (QED) is 0.501. The first-order valence-corrected chi connectivity index (χ1v) is 4.43. The van der Waals surface area contributed by atoms with Crippen LogP contribution >= 0.6 is 0 Å². The second kappa shape index (κ2) is 3.62. The van der Waals surface area contributed by atoms with E-state index in [-0.39, 0.29) is 5.56 Å². The molecule has 15 heavy (non-hydrogen) atoms. The molecule has 0 saturated carbocycles. The number of benzene rings is 1. The van der Waals surface area contributed by atoms with Gasteiger partial charge in [0.25, 0.3) is 5.56 Å². The van der Waals surface area contributed by atoms with E-state index in [2.05, 4.69) is 10.4 Å². The standard InChI is InChI=1S/C10H11N3O2/c1-15-8-4-2-3-6-7(13-11)5-9(14)12-10(6)8/h2-5H,11H2,1H3,(H2,12,13,14). The maximum Gasteiger partial charge on any atom is 0.250 e. The highest BCUT2D eigenvalue weighted by Crippen LogP contribution is 2.26. The van der Waals surface area contributed by atoms with Crippen LogP contribution in [0.5, 0.6) is 5.75 Å². The molecule has 0 aliphatic carbocycles. The van der Waals surface area contributed by atoms with Gasteiger partial charge in [0, 0.05) is 11.5 Å². The van der Waals surface area contributed by atoms with Crippen LogP contribution in [0.4, 0.5) is 5.69 Å². The van der Waals surface area contributed by atoms with Crippen molar-refractivity contribution in [2.75, 3.05) is 12.5 Å². The second-order valence-corrected chi connectivity index (χ2v) is 3.07. The second-order valence-electron chi connectivity index (χ2n) is 3.07. The molecule has 2 aromatic rings. The molecular weight excluding hydrogens is 194 g/mol. The lowest BCUT2D eigenvalue weighted by Crippen LogP contribution is -2.13. The molecule has 0 unspecified atom stereocenters. The van der Waals surface area contributed by atoms with Crippen molar-refractivity contribution in [2.45, 2.75) is 0 Å². The van der Waals surface area contributed by atoms with E-state index in [4.69, 9.17) is 10.6 Å². The first-order chi connectivity index (χ1) is 7.26. The topological polar surface area (TPSA) is 80.1 Å². The van der Waals surface area contributed by atoms with Crippen molar-refractivity contribution in [3.63, 3.8) is 0 Å². The first-order valence-electron chi connectivity index (χ1n) is 4.43. The van der Waals surface area contributed by atoms with Gasteiger partial charge in [-0.15, -0.1) is 0 Å². The Morgan fingerprint density at radius 3 is 2.93 bits per heavy atom. The lowest BCUT2D eigenvalue weighted by molar-refractivity contribution is 0.419. The number of methoxy groups -OCH3 is 1. The molecule has 0 aliphatic rings. The normalized spacial score (nSPS) is 10.3. The summed E-state index contributed by atoms with van der Waals surface area (Å²) in [6.07, 6.45) is 0. The Kier molecular flexibility index (Phi) is 2.31. The van der Waals surface area contributed by atoms with E-state index in [1.807, 2.05) is 12.1 Å². The van der Waals surface area contributed by atoms with Crippen LogP contribution in [0.15, 0.2) is 29.1 Å². The minimum absolute atomic E-state index is 0.222. The monoisotopic (exact) mass is 205 g/mol. The van der Waals surface area contributed by atoms with Crippen LogP contribution in [0, 0.1) is 0 Å². The summed E-state index contributed by atoms with van der Waals surface area (Å²) in [5.41, 5.74) is 3.48. The van der Waals surface area contributed by atoms with Gasteiger partial charge >= 0.3 is 0 Å². The first kappa shape index (κ1) is 9.54. The zero-order valence-corrected chi connectivity index (χ0v) is 8.20. The molecule has 5 heteroatoms. The number of hydrogen-bond acceptors (Lipinski definition) is 4. The predicted octanol–water partition coefficient (Wildman–Crippen LogP) is 0.822. The lowest BCUT2D eigenvalue weighted by atomic mass is 10.2. The largest absolute Gasteiger partial charge is 0.495 e. The average molecular weight is 205 g/mol. The van der Waals surface area contributed by atoms with E-state index in [9.17, 15) is 4.79 Å². The molecular formula is C10H11N3O2. The number of anilines is 1. The Balaban J connectivity index is 2.88. The number of nitrogens with two attached hydrogens (primary N) is 1. The molecule has 78 valence electrons. The Hall–Kier alpha value is -2.01. The third-order valence-corrected chi connectivity index (χ3v) is 2.22. The van der Waals surface area contributed by atoms with Gasteiger partial charge in [0.05, 0.1) is 18.3 Å². The number of hydrazine groups is 1. The Labute approximate surface area is 85.8 Å². The van der Waals surface area contributed by atoms with Crippen molar-refractivity contribution >= 4 is 16.6 Å². The Bertz CT molecular complexity index is 548. The summed E-state index contributed by atoms with van der Waals surface area (Å²) >= 11 is 0. The van der Waals surface area contributed by atoms with Crippen molar-refractivity contribution in [3.8, 4) is 5.75 Å². The molecule has 5 nitrogen and oxygen atoms in total. The van der Waals surface area contributed by atoms with Gasteiger partial charge in [-0.1, -0.05) is 12.1 Å². The minimum atomic E-state index is -0.222. The molecule has 2 rings (SSSR count). The maximum absolute atomic E-state index is 11.3. The Morgan fingerprint density at radius 2 is 2.27 bits per heavy atom. The Morgan fingerprint density at radius 1 is 1.47 bits per heavy atom. The molecule has 0 atom stereocenters. The summed E-state index contributed by atoms with van der Waals surface area (Å²) < 4.78 is 5.14. The summed E-state index contributed by atoms with van der Waals surface area (Å²) in [6.45, 7) is 0. The van der Waals surface area contributed by atoms with Gasteiger partial charge in [-0.05, 0) is 6.07 Å². The highest BCUT2D eigenvalue weighted by Gasteiger charge is 2.06. The lowest BCUT2D eigenvalue weighted by Gasteiger charge is -2.08. The SMILES string of the molecule is COc1cccc2c(NN)cc(=O)[nH]c12. The van der Waals surface area contributed by atoms with Crippen molar-refractivity contribution in [3.05, 3.63) is 34.6 Å². The summed E-state index contributed by atoms with van der Waals surface area (Å²) in [7, 11) is 1.55. The summed E-state index contributed by atoms with van der Waals surface area (Å²) in [6, 6.07) is 6.86. The van der Waals surface area contributed by atoms with Crippen LogP contribution in [-0.4, -0.2) is 12.1 Å². The summed E-state index contributed by atoms with van der Waals surface area (Å²) in [5.74, 6) is 5.95. The van der Waals surface area contributed by atoms with Crippen LogP contribution in [0.25, 0.3) is 10.9 Å². The van der Waals surface area contributed by atoms with Crippen LogP contribution < -0.4 is 21.6 Å². The van der Waals surface area contributed by atoms with E-state index in [1.54, 1.807) is 13.2 Å².